The van der Waals surface area contributed by atoms with Crippen LogP contribution >= 0.6 is 0 Å². The van der Waals surface area contributed by atoms with Crippen molar-refractivity contribution in [3.8, 4) is 0 Å². The van der Waals surface area contributed by atoms with Gasteiger partial charge < -0.3 is 14.9 Å². The molecule has 1 aromatic rings. The summed E-state index contributed by atoms with van der Waals surface area (Å²) in [6.45, 7) is 3.18. The minimum Gasteiger partial charge on any atom is -0.391 e. The Hall–Kier alpha value is -1.46. The van der Waals surface area contributed by atoms with Gasteiger partial charge in [0.25, 0.3) is 0 Å². The fraction of sp³-hybridized carbons (Fsp3) is 0.600. The molecule has 5 nitrogen and oxygen atoms in total. The number of hydrogen-bond acceptors (Lipinski definition) is 4. The molecule has 2 unspecified atom stereocenters. The van der Waals surface area contributed by atoms with Gasteiger partial charge in [-0.1, -0.05) is 6.07 Å². The van der Waals surface area contributed by atoms with Gasteiger partial charge in [-0.3, -0.25) is 9.78 Å². The number of carbonyl (C=O) groups is 1. The molecule has 0 radical (unpaired) electrons. The number of hydrogen-bond donors (Lipinski definition) is 1. The van der Waals surface area contributed by atoms with Crippen molar-refractivity contribution in [1.29, 1.82) is 0 Å². The summed E-state index contributed by atoms with van der Waals surface area (Å²) in [5, 5.41) is 9.82. The van der Waals surface area contributed by atoms with Gasteiger partial charge in [0, 0.05) is 25.3 Å². The first-order valence-corrected chi connectivity index (χ1v) is 7.00. The number of pyridine rings is 1. The van der Waals surface area contributed by atoms with E-state index in [1.54, 1.807) is 11.1 Å². The lowest BCUT2D eigenvalue weighted by molar-refractivity contribution is -0.131. The molecule has 0 aliphatic carbocycles. The third kappa shape index (κ3) is 3.55. The number of amides is 1. The van der Waals surface area contributed by atoms with E-state index in [-0.39, 0.29) is 11.9 Å². The van der Waals surface area contributed by atoms with Gasteiger partial charge in [0.15, 0.2) is 0 Å². The lowest BCUT2D eigenvalue weighted by atomic mass is 10.1. The normalized spacial score (nSPS) is 22.6. The molecule has 0 saturated carbocycles. The molecular weight excluding hydrogens is 254 g/mol. The number of aromatic nitrogens is 1. The van der Waals surface area contributed by atoms with E-state index in [4.69, 9.17) is 0 Å². The monoisotopic (exact) mass is 277 g/mol. The average molecular weight is 277 g/mol. The van der Waals surface area contributed by atoms with E-state index in [0.29, 0.717) is 19.4 Å². The highest BCUT2D eigenvalue weighted by Crippen LogP contribution is 2.20. The van der Waals surface area contributed by atoms with Crippen LogP contribution in [0.4, 0.5) is 0 Å². The summed E-state index contributed by atoms with van der Waals surface area (Å²) in [6.07, 6.45) is 2.27. The second-order valence-corrected chi connectivity index (χ2v) is 5.80. The van der Waals surface area contributed by atoms with Crippen molar-refractivity contribution in [3.05, 3.63) is 29.6 Å². The zero-order valence-electron chi connectivity index (χ0n) is 12.4. The smallest absolute Gasteiger partial charge is 0.228 e. The highest BCUT2D eigenvalue weighted by atomic mass is 16.3. The van der Waals surface area contributed by atoms with Crippen LogP contribution in [-0.2, 0) is 11.2 Å². The Labute approximate surface area is 120 Å². The van der Waals surface area contributed by atoms with Crippen LogP contribution < -0.4 is 0 Å². The first kappa shape index (κ1) is 14.9. The van der Waals surface area contributed by atoms with E-state index >= 15 is 0 Å². The zero-order chi connectivity index (χ0) is 14.7. The molecule has 110 valence electrons. The molecule has 1 amide bonds. The molecule has 0 aromatic carbocycles. The second-order valence-electron chi connectivity index (χ2n) is 5.80. The van der Waals surface area contributed by atoms with Gasteiger partial charge in [0.2, 0.25) is 5.91 Å². The number of nitrogens with zero attached hydrogens (tertiary/aromatic N) is 3. The Morgan fingerprint density at radius 1 is 1.55 bits per heavy atom. The van der Waals surface area contributed by atoms with Gasteiger partial charge in [0.1, 0.15) is 0 Å². The Bertz CT molecular complexity index is 476. The first-order valence-electron chi connectivity index (χ1n) is 7.00. The number of rotatable bonds is 4. The molecule has 0 spiro atoms. The molecular formula is C15H23N3O2. The number of likely N-dealkylation sites (tertiary alicyclic amines) is 1. The van der Waals surface area contributed by atoms with Crippen LogP contribution in [-0.4, -0.2) is 65.1 Å². The molecule has 1 fully saturated rings. The fourth-order valence-corrected chi connectivity index (χ4v) is 2.74. The van der Waals surface area contributed by atoms with Crippen LogP contribution in [0, 0.1) is 6.92 Å². The van der Waals surface area contributed by atoms with Crippen molar-refractivity contribution < 1.29 is 9.90 Å². The van der Waals surface area contributed by atoms with E-state index in [1.807, 2.05) is 33.2 Å². The molecule has 1 aliphatic heterocycles. The van der Waals surface area contributed by atoms with Gasteiger partial charge in [-0.15, -0.1) is 0 Å². The molecule has 1 N–H and O–H groups in total. The summed E-state index contributed by atoms with van der Waals surface area (Å²) in [7, 11) is 3.96. The van der Waals surface area contributed by atoms with Crippen molar-refractivity contribution in [2.24, 2.45) is 0 Å². The summed E-state index contributed by atoms with van der Waals surface area (Å²) >= 11 is 0. The standard InChI is InChI=1S/C15H23N3O2/c1-11-5-4-6-16-14(11)8-15(20)18-10-13(19)7-12(18)9-17(2)3/h4-6,12-13,19H,7-10H2,1-3H3. The molecule has 2 heterocycles. The van der Waals surface area contributed by atoms with Crippen LogP contribution in [0.1, 0.15) is 17.7 Å². The van der Waals surface area contributed by atoms with Crippen LogP contribution in [0.3, 0.4) is 0 Å². The molecule has 20 heavy (non-hydrogen) atoms. The van der Waals surface area contributed by atoms with E-state index in [9.17, 15) is 9.90 Å². The summed E-state index contributed by atoms with van der Waals surface area (Å²) in [4.78, 5) is 20.6. The Balaban J connectivity index is 2.05. The van der Waals surface area contributed by atoms with Crippen molar-refractivity contribution in [2.75, 3.05) is 27.2 Å². The topological polar surface area (TPSA) is 56.7 Å². The van der Waals surface area contributed by atoms with E-state index in [2.05, 4.69) is 9.88 Å². The van der Waals surface area contributed by atoms with Crippen LogP contribution in [0.15, 0.2) is 18.3 Å². The van der Waals surface area contributed by atoms with Crippen LogP contribution in [0.5, 0.6) is 0 Å². The number of aliphatic hydroxyl groups is 1. The predicted molar refractivity (Wildman–Crippen MR) is 77.4 cm³/mol. The molecule has 1 saturated heterocycles. The minimum atomic E-state index is -0.409. The first-order chi connectivity index (χ1) is 9.47. The van der Waals surface area contributed by atoms with Crippen molar-refractivity contribution in [1.82, 2.24) is 14.8 Å². The number of aryl methyl sites for hydroxylation is 1. The summed E-state index contributed by atoms with van der Waals surface area (Å²) in [5.41, 5.74) is 1.85. The van der Waals surface area contributed by atoms with Gasteiger partial charge in [-0.25, -0.2) is 0 Å². The number of likely N-dealkylation sites (N-methyl/N-ethyl adjacent to an activating group) is 1. The summed E-state index contributed by atoms with van der Waals surface area (Å²) in [5.74, 6) is 0.0511. The molecule has 2 rings (SSSR count). The third-order valence-electron chi connectivity index (χ3n) is 3.73. The molecule has 0 bridgehead atoms. The van der Waals surface area contributed by atoms with Crippen molar-refractivity contribution in [2.45, 2.75) is 31.9 Å². The van der Waals surface area contributed by atoms with Crippen molar-refractivity contribution >= 4 is 5.91 Å². The van der Waals surface area contributed by atoms with Gasteiger partial charge >= 0.3 is 0 Å². The predicted octanol–water partition coefficient (Wildman–Crippen LogP) is 0.456. The minimum absolute atomic E-state index is 0.0511. The molecule has 1 aromatic heterocycles. The maximum absolute atomic E-state index is 12.5. The Morgan fingerprint density at radius 2 is 2.30 bits per heavy atom. The Morgan fingerprint density at radius 3 is 2.95 bits per heavy atom. The maximum Gasteiger partial charge on any atom is 0.228 e. The number of β-amino-alcohol motifs (C(OH)–C–C–N with tert-alkyl or cyclic N) is 1. The Kier molecular flexibility index (Phi) is 4.73. The number of aliphatic hydroxyl groups excluding tert-OH is 1. The van der Waals surface area contributed by atoms with Crippen LogP contribution in [0.25, 0.3) is 0 Å². The van der Waals surface area contributed by atoms with Crippen molar-refractivity contribution in [3.63, 3.8) is 0 Å². The van der Waals surface area contributed by atoms with Crippen LogP contribution in [0.2, 0.25) is 0 Å². The maximum atomic E-state index is 12.5. The zero-order valence-corrected chi connectivity index (χ0v) is 12.4. The summed E-state index contributed by atoms with van der Waals surface area (Å²) in [6, 6.07) is 3.93. The van der Waals surface area contributed by atoms with E-state index in [1.165, 1.54) is 0 Å². The van der Waals surface area contributed by atoms with E-state index < -0.39 is 6.10 Å². The lowest BCUT2D eigenvalue weighted by Gasteiger charge is -2.27. The van der Waals surface area contributed by atoms with E-state index in [0.717, 1.165) is 17.8 Å². The molecule has 5 heteroatoms. The second kappa shape index (κ2) is 6.33. The molecule has 1 aliphatic rings. The fourth-order valence-electron chi connectivity index (χ4n) is 2.74. The van der Waals surface area contributed by atoms with Gasteiger partial charge in [-0.2, -0.15) is 0 Å². The average Bonchev–Trinajstić information content (AvgIpc) is 2.72. The van der Waals surface area contributed by atoms with Gasteiger partial charge in [0.05, 0.1) is 18.2 Å². The quantitative estimate of drug-likeness (QED) is 0.868. The third-order valence-corrected chi connectivity index (χ3v) is 3.73. The van der Waals surface area contributed by atoms with Gasteiger partial charge in [-0.05, 0) is 39.1 Å². The largest absolute Gasteiger partial charge is 0.391 e. The highest BCUT2D eigenvalue weighted by Gasteiger charge is 2.34. The molecule has 2 atom stereocenters. The number of carbonyl (C=O) groups excluding carboxylic acids is 1. The lowest BCUT2D eigenvalue weighted by Crippen LogP contribution is -2.42. The summed E-state index contributed by atoms with van der Waals surface area (Å²) < 4.78 is 0. The SMILES string of the molecule is Cc1cccnc1CC(=O)N1CC(O)CC1CN(C)C. The highest BCUT2D eigenvalue weighted by molar-refractivity contribution is 5.79.